The molecule has 2 fully saturated rings. The van der Waals surface area contributed by atoms with E-state index in [1.807, 2.05) is 6.07 Å². The maximum Gasteiger partial charge on any atom is 0.416 e. The normalized spacial score (nSPS) is 19.4. The summed E-state index contributed by atoms with van der Waals surface area (Å²) >= 11 is 0. The van der Waals surface area contributed by atoms with Gasteiger partial charge in [0.25, 0.3) is 0 Å². The van der Waals surface area contributed by atoms with Crippen LogP contribution in [0.4, 0.5) is 17.6 Å². The summed E-state index contributed by atoms with van der Waals surface area (Å²) in [5, 5.41) is 3.39. The third-order valence-corrected chi connectivity index (χ3v) is 6.94. The number of benzene rings is 2. The largest absolute Gasteiger partial charge is 0.486 e. The van der Waals surface area contributed by atoms with Crippen LogP contribution in [0.25, 0.3) is 0 Å². The van der Waals surface area contributed by atoms with E-state index in [2.05, 4.69) is 10.2 Å². The maximum absolute atomic E-state index is 15.0. The van der Waals surface area contributed by atoms with Crippen LogP contribution in [-0.4, -0.2) is 37.6 Å². The van der Waals surface area contributed by atoms with Crippen LogP contribution in [0, 0.1) is 11.7 Å². The van der Waals surface area contributed by atoms with E-state index in [0.717, 1.165) is 50.4 Å². The van der Waals surface area contributed by atoms with Crippen LogP contribution >= 0.6 is 0 Å². The Morgan fingerprint density at radius 3 is 2.30 bits per heavy atom. The minimum Gasteiger partial charge on any atom is -0.486 e. The molecular formula is C26H32F4N2O. The summed E-state index contributed by atoms with van der Waals surface area (Å²) in [7, 11) is 0. The molecule has 1 atom stereocenters. The molecule has 0 aromatic heterocycles. The van der Waals surface area contributed by atoms with Crippen LogP contribution in [0.3, 0.4) is 0 Å². The van der Waals surface area contributed by atoms with Crippen molar-refractivity contribution < 1.29 is 22.3 Å². The van der Waals surface area contributed by atoms with Gasteiger partial charge in [-0.05, 0) is 60.1 Å². The zero-order valence-corrected chi connectivity index (χ0v) is 18.8. The predicted octanol–water partition coefficient (Wildman–Crippen LogP) is 5.99. The predicted molar refractivity (Wildman–Crippen MR) is 121 cm³/mol. The Labute approximate surface area is 193 Å². The molecule has 1 saturated heterocycles. The first kappa shape index (κ1) is 24.0. The molecule has 0 radical (unpaired) electrons. The minimum atomic E-state index is -4.37. The topological polar surface area (TPSA) is 24.5 Å². The smallest absolute Gasteiger partial charge is 0.416 e. The molecule has 1 N–H and O–H groups in total. The molecule has 180 valence electrons. The molecule has 2 aromatic carbocycles. The number of alkyl halides is 3. The van der Waals surface area contributed by atoms with E-state index in [1.54, 1.807) is 12.1 Å². The Morgan fingerprint density at radius 1 is 0.970 bits per heavy atom. The summed E-state index contributed by atoms with van der Waals surface area (Å²) in [6.07, 6.45) is 1.75. The second kappa shape index (κ2) is 10.9. The van der Waals surface area contributed by atoms with Crippen LogP contribution in [0.15, 0.2) is 42.5 Å². The van der Waals surface area contributed by atoms with Crippen LogP contribution in [-0.2, 0) is 12.8 Å². The molecule has 0 bridgehead atoms. The van der Waals surface area contributed by atoms with Gasteiger partial charge in [-0.15, -0.1) is 0 Å². The lowest BCUT2D eigenvalue weighted by Gasteiger charge is -2.36. The quantitative estimate of drug-likeness (QED) is 0.509. The fraction of sp³-hybridized carbons (Fsp3) is 0.538. The van der Waals surface area contributed by atoms with E-state index < -0.39 is 17.6 Å². The molecule has 33 heavy (non-hydrogen) atoms. The zero-order valence-electron chi connectivity index (χ0n) is 18.8. The van der Waals surface area contributed by atoms with Crippen molar-refractivity contribution in [2.24, 2.45) is 5.92 Å². The second-order valence-corrected chi connectivity index (χ2v) is 9.23. The highest BCUT2D eigenvalue weighted by atomic mass is 19.4. The number of hydrogen-bond acceptors (Lipinski definition) is 3. The van der Waals surface area contributed by atoms with E-state index >= 15 is 0 Å². The molecule has 1 unspecified atom stereocenters. The molecule has 7 heteroatoms. The Morgan fingerprint density at radius 2 is 1.67 bits per heavy atom. The van der Waals surface area contributed by atoms with Gasteiger partial charge in [-0.3, -0.25) is 0 Å². The number of ether oxygens (including phenoxy) is 1. The third-order valence-electron chi connectivity index (χ3n) is 6.94. The van der Waals surface area contributed by atoms with Gasteiger partial charge in [0.1, 0.15) is 6.61 Å². The molecular weight excluding hydrogens is 432 g/mol. The average Bonchev–Trinajstić information content (AvgIpc) is 2.83. The van der Waals surface area contributed by atoms with Crippen LogP contribution in [0.2, 0.25) is 0 Å². The fourth-order valence-corrected chi connectivity index (χ4v) is 5.05. The minimum absolute atomic E-state index is 0.0151. The molecule has 0 spiro atoms. The standard InChI is InChI=1S/C26H32F4N2O/c27-24-16-21(23(20-4-2-1-3-5-20)17-32-14-12-31-13-15-32)8-11-25(24)33-18-19-6-9-22(10-7-19)26(28,29)30/h6-11,16,20,23,31H,1-5,12-15,17-18H2. The molecule has 1 saturated carbocycles. The zero-order chi connectivity index (χ0) is 23.3. The van der Waals surface area contributed by atoms with Crippen LogP contribution in [0.1, 0.15) is 54.7 Å². The van der Waals surface area contributed by atoms with E-state index in [0.29, 0.717) is 17.4 Å². The van der Waals surface area contributed by atoms with Gasteiger partial charge in [0.05, 0.1) is 5.56 Å². The summed E-state index contributed by atoms with van der Waals surface area (Å²) in [5.74, 6) is 0.567. The maximum atomic E-state index is 15.0. The van der Waals surface area contributed by atoms with Gasteiger partial charge in [0.2, 0.25) is 0 Å². The van der Waals surface area contributed by atoms with Crippen LogP contribution < -0.4 is 10.1 Å². The lowest BCUT2D eigenvalue weighted by Crippen LogP contribution is -2.45. The molecule has 0 amide bonds. The number of nitrogens with one attached hydrogen (secondary N) is 1. The molecule has 1 aliphatic heterocycles. The molecule has 1 aliphatic carbocycles. The van der Waals surface area contributed by atoms with Crippen molar-refractivity contribution in [3.05, 3.63) is 65.0 Å². The summed E-state index contributed by atoms with van der Waals surface area (Å²) in [6, 6.07) is 9.99. The highest BCUT2D eigenvalue weighted by Gasteiger charge is 2.30. The van der Waals surface area contributed by atoms with E-state index in [1.165, 1.54) is 44.2 Å². The second-order valence-electron chi connectivity index (χ2n) is 9.23. The first-order valence-electron chi connectivity index (χ1n) is 11.9. The number of halogens is 4. The van der Waals surface area contributed by atoms with Gasteiger partial charge in [-0.2, -0.15) is 13.2 Å². The summed E-state index contributed by atoms with van der Waals surface area (Å²) < 4.78 is 58.8. The van der Waals surface area contributed by atoms with Crippen molar-refractivity contribution in [2.45, 2.75) is 50.8 Å². The van der Waals surface area contributed by atoms with E-state index in [4.69, 9.17) is 4.74 Å². The highest BCUT2D eigenvalue weighted by Crippen LogP contribution is 2.38. The molecule has 3 nitrogen and oxygen atoms in total. The number of rotatable bonds is 7. The molecule has 2 aliphatic rings. The number of piperazine rings is 1. The fourth-order valence-electron chi connectivity index (χ4n) is 5.05. The summed E-state index contributed by atoms with van der Waals surface area (Å²) in [6.45, 7) is 4.96. The van der Waals surface area contributed by atoms with Gasteiger partial charge in [0, 0.05) is 32.7 Å². The van der Waals surface area contributed by atoms with Gasteiger partial charge in [0.15, 0.2) is 11.6 Å². The van der Waals surface area contributed by atoms with Crippen molar-refractivity contribution in [3.63, 3.8) is 0 Å². The lowest BCUT2D eigenvalue weighted by atomic mass is 9.76. The monoisotopic (exact) mass is 464 g/mol. The van der Waals surface area contributed by atoms with Crippen molar-refractivity contribution in [1.29, 1.82) is 0 Å². The number of hydrogen-bond donors (Lipinski definition) is 1. The number of nitrogens with zero attached hydrogens (tertiary/aromatic N) is 1. The molecule has 2 aromatic rings. The van der Waals surface area contributed by atoms with E-state index in [9.17, 15) is 17.6 Å². The average molecular weight is 465 g/mol. The van der Waals surface area contributed by atoms with E-state index in [-0.39, 0.29) is 12.4 Å². The van der Waals surface area contributed by atoms with Gasteiger partial charge in [-0.1, -0.05) is 37.5 Å². The summed E-state index contributed by atoms with van der Waals surface area (Å²) in [4.78, 5) is 2.47. The van der Waals surface area contributed by atoms with Crippen molar-refractivity contribution in [3.8, 4) is 5.75 Å². The lowest BCUT2D eigenvalue weighted by molar-refractivity contribution is -0.137. The first-order valence-corrected chi connectivity index (χ1v) is 11.9. The molecule has 4 rings (SSSR count). The summed E-state index contributed by atoms with van der Waals surface area (Å²) in [5.41, 5.74) is 0.866. The highest BCUT2D eigenvalue weighted by molar-refractivity contribution is 5.33. The Balaban J connectivity index is 1.44. The third kappa shape index (κ3) is 6.48. The van der Waals surface area contributed by atoms with Gasteiger partial charge in [-0.25, -0.2) is 4.39 Å². The van der Waals surface area contributed by atoms with Gasteiger partial charge < -0.3 is 15.0 Å². The first-order chi connectivity index (χ1) is 15.9. The Bertz CT molecular complexity index is 888. The van der Waals surface area contributed by atoms with Crippen LogP contribution in [0.5, 0.6) is 5.75 Å². The Kier molecular flexibility index (Phi) is 7.91. The van der Waals surface area contributed by atoms with Crippen molar-refractivity contribution in [1.82, 2.24) is 10.2 Å². The molecule has 1 heterocycles. The SMILES string of the molecule is Fc1cc(C(CN2CCNCC2)C2CCCCC2)ccc1OCc1ccc(C(F)(F)F)cc1. The van der Waals surface area contributed by atoms with Crippen molar-refractivity contribution >= 4 is 0 Å². The van der Waals surface area contributed by atoms with Gasteiger partial charge >= 0.3 is 6.18 Å². The van der Waals surface area contributed by atoms with Crippen molar-refractivity contribution in [2.75, 3.05) is 32.7 Å². The Hall–Kier alpha value is -2.12.